The first-order valence-electron chi connectivity index (χ1n) is 8.67. The summed E-state index contributed by atoms with van der Waals surface area (Å²) in [7, 11) is 5.40. The molecule has 0 saturated carbocycles. The summed E-state index contributed by atoms with van der Waals surface area (Å²) in [6.45, 7) is 4.32. The van der Waals surface area contributed by atoms with Gasteiger partial charge in [0.25, 0.3) is 0 Å². The van der Waals surface area contributed by atoms with Crippen molar-refractivity contribution in [3.63, 3.8) is 0 Å². The second-order valence-electron chi connectivity index (χ2n) is 6.53. The van der Waals surface area contributed by atoms with Gasteiger partial charge in [-0.3, -0.25) is 9.58 Å². The van der Waals surface area contributed by atoms with Crippen LogP contribution in [0, 0.1) is 5.92 Å². The second-order valence-corrected chi connectivity index (χ2v) is 6.53. The molecule has 0 amide bonds. The van der Waals surface area contributed by atoms with E-state index in [0.717, 1.165) is 37.7 Å². The average molecular weight is 345 g/mol. The summed E-state index contributed by atoms with van der Waals surface area (Å²) in [5, 5.41) is 4.32. The predicted octanol–water partition coefficient (Wildman–Crippen LogP) is 2.17. The normalized spacial score (nSPS) is 20.8. The molecular formula is C19H27N3O3. The van der Waals surface area contributed by atoms with Crippen molar-refractivity contribution in [1.82, 2.24) is 14.7 Å². The van der Waals surface area contributed by atoms with Gasteiger partial charge < -0.3 is 14.2 Å². The fraction of sp³-hybridized carbons (Fsp3) is 0.526. The second kappa shape index (κ2) is 8.36. The molecule has 2 atom stereocenters. The van der Waals surface area contributed by atoms with Crippen LogP contribution in [0.2, 0.25) is 0 Å². The highest BCUT2D eigenvalue weighted by molar-refractivity contribution is 5.39. The van der Waals surface area contributed by atoms with Gasteiger partial charge in [0.15, 0.2) is 11.5 Å². The molecule has 0 spiro atoms. The Morgan fingerprint density at radius 2 is 1.96 bits per heavy atom. The Kier molecular flexibility index (Phi) is 5.94. The van der Waals surface area contributed by atoms with Crippen molar-refractivity contribution >= 4 is 0 Å². The number of para-hydroxylation sites is 2. The number of aryl methyl sites for hydroxylation is 1. The molecule has 1 fully saturated rings. The lowest BCUT2D eigenvalue weighted by Crippen LogP contribution is -2.27. The first kappa shape index (κ1) is 17.8. The Hall–Kier alpha value is -2.05. The SMILES string of the molecule is COC[C@@H]1CN(CCOc2ccccc2OC)C[C@H]1c1cnn(C)c1. The van der Waals surface area contributed by atoms with E-state index in [1.807, 2.05) is 42.2 Å². The number of aromatic nitrogens is 2. The molecule has 1 aliphatic rings. The molecule has 0 bridgehead atoms. The molecule has 1 saturated heterocycles. The molecule has 2 heterocycles. The maximum atomic E-state index is 5.92. The number of hydrogen-bond donors (Lipinski definition) is 0. The van der Waals surface area contributed by atoms with E-state index in [4.69, 9.17) is 14.2 Å². The van der Waals surface area contributed by atoms with E-state index < -0.39 is 0 Å². The monoisotopic (exact) mass is 345 g/mol. The molecule has 6 heteroatoms. The minimum Gasteiger partial charge on any atom is -0.493 e. The maximum absolute atomic E-state index is 5.92. The lowest BCUT2D eigenvalue weighted by molar-refractivity contribution is 0.145. The van der Waals surface area contributed by atoms with E-state index in [1.165, 1.54) is 5.56 Å². The van der Waals surface area contributed by atoms with Crippen molar-refractivity contribution in [2.45, 2.75) is 5.92 Å². The molecule has 0 unspecified atom stereocenters. The zero-order valence-electron chi connectivity index (χ0n) is 15.2. The molecule has 3 rings (SSSR count). The van der Waals surface area contributed by atoms with E-state index in [-0.39, 0.29) is 0 Å². The summed E-state index contributed by atoms with van der Waals surface area (Å²) < 4.78 is 18.5. The third kappa shape index (κ3) is 4.32. The first-order valence-corrected chi connectivity index (χ1v) is 8.67. The predicted molar refractivity (Wildman–Crippen MR) is 96.2 cm³/mol. The number of hydrogen-bond acceptors (Lipinski definition) is 5. The highest BCUT2D eigenvalue weighted by Crippen LogP contribution is 2.32. The summed E-state index contributed by atoms with van der Waals surface area (Å²) in [6.07, 6.45) is 4.09. The highest BCUT2D eigenvalue weighted by Gasteiger charge is 2.34. The molecule has 25 heavy (non-hydrogen) atoms. The largest absolute Gasteiger partial charge is 0.493 e. The molecule has 1 aromatic heterocycles. The van der Waals surface area contributed by atoms with Gasteiger partial charge in [0, 0.05) is 51.8 Å². The van der Waals surface area contributed by atoms with Crippen molar-refractivity contribution in [3.05, 3.63) is 42.2 Å². The summed E-state index contributed by atoms with van der Waals surface area (Å²) in [5.74, 6) is 2.51. The Morgan fingerprint density at radius 3 is 2.64 bits per heavy atom. The number of ether oxygens (including phenoxy) is 3. The van der Waals surface area contributed by atoms with Crippen molar-refractivity contribution in [2.75, 3.05) is 47.1 Å². The topological polar surface area (TPSA) is 48.8 Å². The molecule has 0 aliphatic carbocycles. The fourth-order valence-corrected chi connectivity index (χ4v) is 3.56. The summed E-state index contributed by atoms with van der Waals surface area (Å²) in [4.78, 5) is 2.44. The smallest absolute Gasteiger partial charge is 0.161 e. The van der Waals surface area contributed by atoms with E-state index >= 15 is 0 Å². The molecule has 0 N–H and O–H groups in total. The highest BCUT2D eigenvalue weighted by atomic mass is 16.5. The van der Waals surface area contributed by atoms with Gasteiger partial charge in [-0.05, 0) is 17.7 Å². The third-order valence-corrected chi connectivity index (χ3v) is 4.78. The number of benzene rings is 1. The van der Waals surface area contributed by atoms with Gasteiger partial charge in [-0.1, -0.05) is 12.1 Å². The van der Waals surface area contributed by atoms with Crippen LogP contribution in [-0.4, -0.2) is 61.7 Å². The lowest BCUT2D eigenvalue weighted by Gasteiger charge is -2.17. The van der Waals surface area contributed by atoms with E-state index in [1.54, 1.807) is 14.2 Å². The van der Waals surface area contributed by atoms with Crippen molar-refractivity contribution < 1.29 is 14.2 Å². The molecule has 0 radical (unpaired) electrons. The van der Waals surface area contributed by atoms with Crippen LogP contribution in [-0.2, 0) is 11.8 Å². The average Bonchev–Trinajstić information content (AvgIpc) is 3.22. The molecule has 136 valence electrons. The van der Waals surface area contributed by atoms with Gasteiger partial charge in [0.1, 0.15) is 6.61 Å². The van der Waals surface area contributed by atoms with Crippen LogP contribution in [0.25, 0.3) is 0 Å². The standard InChI is InChI=1S/C19H27N3O3/c1-21-11-15(10-20-21)17-13-22(12-16(17)14-23-2)8-9-25-19-7-5-4-6-18(19)24-3/h4-7,10-11,16-17H,8-9,12-14H2,1-3H3/t16-,17-/m0/s1. The molecule has 6 nitrogen and oxygen atoms in total. The Bertz CT molecular complexity index is 673. The molecule has 2 aromatic rings. The van der Waals surface area contributed by atoms with Crippen molar-refractivity contribution in [1.29, 1.82) is 0 Å². The number of nitrogens with zero attached hydrogens (tertiary/aromatic N) is 3. The molecule has 1 aliphatic heterocycles. The number of methoxy groups -OCH3 is 2. The third-order valence-electron chi connectivity index (χ3n) is 4.78. The van der Waals surface area contributed by atoms with Crippen LogP contribution in [0.1, 0.15) is 11.5 Å². The fourth-order valence-electron chi connectivity index (χ4n) is 3.56. The van der Waals surface area contributed by atoms with Gasteiger partial charge >= 0.3 is 0 Å². The van der Waals surface area contributed by atoms with E-state index in [0.29, 0.717) is 18.4 Å². The van der Waals surface area contributed by atoms with Crippen LogP contribution in [0.5, 0.6) is 11.5 Å². The van der Waals surface area contributed by atoms with Crippen molar-refractivity contribution in [3.8, 4) is 11.5 Å². The number of likely N-dealkylation sites (tertiary alicyclic amines) is 1. The van der Waals surface area contributed by atoms with E-state index in [2.05, 4.69) is 16.2 Å². The minimum absolute atomic E-state index is 0.458. The van der Waals surface area contributed by atoms with Gasteiger partial charge in [-0.15, -0.1) is 0 Å². The van der Waals surface area contributed by atoms with Crippen LogP contribution in [0.15, 0.2) is 36.7 Å². The van der Waals surface area contributed by atoms with Gasteiger partial charge in [-0.25, -0.2) is 0 Å². The molecular weight excluding hydrogens is 318 g/mol. The zero-order chi connectivity index (χ0) is 17.6. The van der Waals surface area contributed by atoms with Gasteiger partial charge in [0.05, 0.1) is 19.9 Å². The van der Waals surface area contributed by atoms with Gasteiger partial charge in [-0.2, -0.15) is 5.10 Å². The zero-order valence-corrected chi connectivity index (χ0v) is 15.2. The van der Waals surface area contributed by atoms with Crippen LogP contribution >= 0.6 is 0 Å². The van der Waals surface area contributed by atoms with Crippen LogP contribution < -0.4 is 9.47 Å². The number of rotatable bonds is 8. The maximum Gasteiger partial charge on any atom is 0.161 e. The Balaban J connectivity index is 1.56. The van der Waals surface area contributed by atoms with Crippen LogP contribution in [0.4, 0.5) is 0 Å². The quantitative estimate of drug-likeness (QED) is 0.734. The lowest BCUT2D eigenvalue weighted by atomic mass is 9.92. The van der Waals surface area contributed by atoms with E-state index in [9.17, 15) is 0 Å². The summed E-state index contributed by atoms with van der Waals surface area (Å²) >= 11 is 0. The first-order chi connectivity index (χ1) is 12.2. The van der Waals surface area contributed by atoms with Gasteiger partial charge in [0.2, 0.25) is 0 Å². The van der Waals surface area contributed by atoms with Crippen molar-refractivity contribution in [2.24, 2.45) is 13.0 Å². The minimum atomic E-state index is 0.458. The summed E-state index contributed by atoms with van der Waals surface area (Å²) in [5.41, 5.74) is 1.29. The van der Waals surface area contributed by atoms with Crippen LogP contribution in [0.3, 0.4) is 0 Å². The molecule has 1 aromatic carbocycles. The summed E-state index contributed by atoms with van der Waals surface area (Å²) in [6, 6.07) is 7.76. The Labute approximate surface area is 149 Å². The Morgan fingerprint density at radius 1 is 1.16 bits per heavy atom.